The summed E-state index contributed by atoms with van der Waals surface area (Å²) in [6.07, 6.45) is 1.55. The fourth-order valence-corrected chi connectivity index (χ4v) is 2.47. The van der Waals surface area contributed by atoms with Crippen molar-refractivity contribution in [3.8, 4) is 11.5 Å². The predicted octanol–water partition coefficient (Wildman–Crippen LogP) is 1.45. The van der Waals surface area contributed by atoms with Crippen molar-refractivity contribution in [1.29, 1.82) is 0 Å². The van der Waals surface area contributed by atoms with Crippen LogP contribution in [0.1, 0.15) is 25.5 Å². The number of aliphatic carboxylic acids is 1. The number of hydrogen-bond donors (Lipinski definition) is 2. The van der Waals surface area contributed by atoms with Gasteiger partial charge in [-0.15, -0.1) is 0 Å². The molecule has 0 amide bonds. The topological polar surface area (TPSA) is 111 Å². The number of fused-ring (bicyclic) bond motifs is 1. The van der Waals surface area contributed by atoms with Gasteiger partial charge >= 0.3 is 5.97 Å². The Kier molecular flexibility index (Phi) is 4.32. The second kappa shape index (κ2) is 6.57. The van der Waals surface area contributed by atoms with Crippen LogP contribution in [0, 0.1) is 0 Å². The van der Waals surface area contributed by atoms with Gasteiger partial charge in [0.15, 0.2) is 11.5 Å². The summed E-state index contributed by atoms with van der Waals surface area (Å²) in [5, 5.41) is 23.3. The van der Waals surface area contributed by atoms with Crippen LogP contribution in [0.2, 0.25) is 0 Å². The smallest absolute Gasteiger partial charge is 0.352 e. The van der Waals surface area contributed by atoms with E-state index in [1.807, 2.05) is 26.0 Å². The number of hydrogen-bond acceptors (Lipinski definition) is 7. The van der Waals surface area contributed by atoms with Gasteiger partial charge in [-0.2, -0.15) is 4.68 Å². The molecule has 1 aliphatic heterocycles. The number of tetrazole rings is 1. The Morgan fingerprint density at radius 2 is 2.04 bits per heavy atom. The van der Waals surface area contributed by atoms with Gasteiger partial charge in [-0.25, -0.2) is 4.79 Å². The van der Waals surface area contributed by atoms with Crippen LogP contribution >= 0.6 is 0 Å². The van der Waals surface area contributed by atoms with Crippen molar-refractivity contribution in [3.05, 3.63) is 35.5 Å². The van der Waals surface area contributed by atoms with Crippen LogP contribution in [0.25, 0.3) is 0 Å². The molecule has 0 radical (unpaired) electrons. The van der Waals surface area contributed by atoms with E-state index in [2.05, 4.69) is 20.8 Å². The summed E-state index contributed by atoms with van der Waals surface area (Å²) < 4.78 is 12.7. The zero-order chi connectivity index (χ0) is 17.1. The van der Waals surface area contributed by atoms with Crippen LogP contribution in [0.15, 0.2) is 30.0 Å². The number of aromatic nitrogens is 4. The highest BCUT2D eigenvalue weighted by atomic mass is 16.5. The molecule has 9 heteroatoms. The third-order valence-electron chi connectivity index (χ3n) is 3.47. The third-order valence-corrected chi connectivity index (χ3v) is 3.47. The fourth-order valence-electron chi connectivity index (χ4n) is 2.47. The van der Waals surface area contributed by atoms with E-state index in [1.165, 1.54) is 4.68 Å². The van der Waals surface area contributed by atoms with Gasteiger partial charge < -0.3 is 19.9 Å². The van der Waals surface area contributed by atoms with Gasteiger partial charge in [-0.05, 0) is 48.0 Å². The number of anilines is 1. The van der Waals surface area contributed by atoms with Crippen molar-refractivity contribution >= 4 is 11.9 Å². The van der Waals surface area contributed by atoms with E-state index >= 15 is 0 Å². The molecule has 1 aromatic carbocycles. The molecule has 0 aliphatic carbocycles. The van der Waals surface area contributed by atoms with Crippen molar-refractivity contribution in [2.24, 2.45) is 0 Å². The maximum atomic E-state index is 11.3. The molecule has 0 fully saturated rings. The highest BCUT2D eigenvalue weighted by Gasteiger charge is 2.27. The van der Waals surface area contributed by atoms with Gasteiger partial charge in [-0.3, -0.25) is 0 Å². The minimum absolute atomic E-state index is 0.0224. The van der Waals surface area contributed by atoms with Crippen molar-refractivity contribution in [2.75, 3.05) is 18.5 Å². The molecule has 126 valence electrons. The number of nitrogens with one attached hydrogen (secondary N) is 1. The third kappa shape index (κ3) is 2.87. The molecule has 0 bridgehead atoms. The minimum Gasteiger partial charge on any atom is -0.490 e. The average molecular weight is 331 g/mol. The Hall–Kier alpha value is -3.10. The van der Waals surface area contributed by atoms with Crippen LogP contribution in [0.5, 0.6) is 11.5 Å². The summed E-state index contributed by atoms with van der Waals surface area (Å²) in [5.41, 5.74) is 0.810. The molecule has 2 aromatic rings. The zero-order valence-electron chi connectivity index (χ0n) is 13.3. The lowest BCUT2D eigenvalue weighted by atomic mass is 10.0. The van der Waals surface area contributed by atoms with E-state index < -0.39 is 12.0 Å². The normalized spacial score (nSPS) is 15.9. The largest absolute Gasteiger partial charge is 0.490 e. The summed E-state index contributed by atoms with van der Waals surface area (Å²) in [5.74, 6) is 0.420. The van der Waals surface area contributed by atoms with E-state index in [9.17, 15) is 9.90 Å². The van der Waals surface area contributed by atoms with E-state index in [0.29, 0.717) is 24.7 Å². The van der Waals surface area contributed by atoms with Gasteiger partial charge in [0.25, 0.3) is 0 Å². The lowest BCUT2D eigenvalue weighted by molar-refractivity contribution is -0.132. The number of carbonyl (C=O) groups is 1. The Morgan fingerprint density at radius 1 is 1.29 bits per heavy atom. The van der Waals surface area contributed by atoms with Crippen LogP contribution < -0.4 is 14.8 Å². The summed E-state index contributed by atoms with van der Waals surface area (Å²) in [4.78, 5) is 11.3. The van der Waals surface area contributed by atoms with Crippen LogP contribution in [-0.2, 0) is 4.79 Å². The first kappa shape index (κ1) is 15.8. The Labute approximate surface area is 137 Å². The molecule has 9 nitrogen and oxygen atoms in total. The van der Waals surface area contributed by atoms with Crippen molar-refractivity contribution in [1.82, 2.24) is 20.2 Å². The van der Waals surface area contributed by atoms with E-state index in [-0.39, 0.29) is 11.6 Å². The van der Waals surface area contributed by atoms with Crippen molar-refractivity contribution in [2.45, 2.75) is 19.9 Å². The maximum Gasteiger partial charge on any atom is 0.352 e. The SMILES string of the molecule is CCOc1ccc([C@H]2C=C(C(=O)O)Nc3nnnn32)cc1OCC. The molecule has 1 aromatic heterocycles. The summed E-state index contributed by atoms with van der Waals surface area (Å²) in [6.45, 7) is 4.79. The van der Waals surface area contributed by atoms with Crippen molar-refractivity contribution < 1.29 is 19.4 Å². The number of allylic oxidation sites excluding steroid dienone is 1. The molecule has 0 unspecified atom stereocenters. The number of nitrogens with zero attached hydrogens (tertiary/aromatic N) is 4. The van der Waals surface area contributed by atoms with E-state index in [1.54, 1.807) is 12.1 Å². The molecular weight excluding hydrogens is 314 g/mol. The van der Waals surface area contributed by atoms with Gasteiger partial charge in [0.2, 0.25) is 5.95 Å². The van der Waals surface area contributed by atoms with Crippen molar-refractivity contribution in [3.63, 3.8) is 0 Å². The number of carboxylic acids is 1. The Bertz CT molecular complexity index is 786. The lowest BCUT2D eigenvalue weighted by Crippen LogP contribution is -2.24. The molecule has 0 saturated carbocycles. The second-order valence-corrected chi connectivity index (χ2v) is 4.97. The molecule has 2 heterocycles. The Morgan fingerprint density at radius 3 is 2.75 bits per heavy atom. The minimum atomic E-state index is -1.08. The highest BCUT2D eigenvalue weighted by Crippen LogP contribution is 2.34. The molecule has 2 N–H and O–H groups in total. The fraction of sp³-hybridized carbons (Fsp3) is 0.333. The van der Waals surface area contributed by atoms with Crippen LogP contribution in [0.4, 0.5) is 5.95 Å². The lowest BCUT2D eigenvalue weighted by Gasteiger charge is -2.22. The van der Waals surface area contributed by atoms with E-state index in [0.717, 1.165) is 5.56 Å². The molecule has 0 saturated heterocycles. The van der Waals surface area contributed by atoms with Crippen LogP contribution in [-0.4, -0.2) is 44.5 Å². The molecule has 3 rings (SSSR count). The molecular formula is C15H17N5O4. The van der Waals surface area contributed by atoms with E-state index in [4.69, 9.17) is 9.47 Å². The summed E-state index contributed by atoms with van der Waals surface area (Å²) in [7, 11) is 0. The zero-order valence-corrected chi connectivity index (χ0v) is 13.3. The Balaban J connectivity index is 2.04. The number of carboxylic acid groups (broad SMARTS) is 1. The molecule has 1 aliphatic rings. The summed E-state index contributed by atoms with van der Waals surface area (Å²) >= 11 is 0. The van der Waals surface area contributed by atoms with Gasteiger partial charge in [0.1, 0.15) is 11.7 Å². The molecule has 24 heavy (non-hydrogen) atoms. The average Bonchev–Trinajstić information content (AvgIpc) is 3.04. The first-order valence-corrected chi connectivity index (χ1v) is 7.53. The van der Waals surface area contributed by atoms with Gasteiger partial charge in [0.05, 0.1) is 13.2 Å². The number of rotatable bonds is 6. The number of ether oxygens (including phenoxy) is 2. The van der Waals surface area contributed by atoms with Gasteiger partial charge in [-0.1, -0.05) is 11.2 Å². The highest BCUT2D eigenvalue weighted by molar-refractivity contribution is 5.90. The molecule has 1 atom stereocenters. The predicted molar refractivity (Wildman–Crippen MR) is 84.1 cm³/mol. The first-order chi connectivity index (χ1) is 11.6. The monoisotopic (exact) mass is 331 g/mol. The quantitative estimate of drug-likeness (QED) is 0.818. The first-order valence-electron chi connectivity index (χ1n) is 7.53. The standard InChI is InChI=1S/C15H17N5O4/c1-3-23-12-6-5-9(7-13(12)24-4-2)11-8-10(14(21)22)16-15-17-18-19-20(11)15/h5-8,11H,3-4H2,1-2H3,(H,21,22)(H,16,17,19)/t11-/m1/s1. The van der Waals surface area contributed by atoms with Crippen LogP contribution in [0.3, 0.4) is 0 Å². The summed E-state index contributed by atoms with van der Waals surface area (Å²) in [6, 6.07) is 4.98. The number of benzene rings is 1. The maximum absolute atomic E-state index is 11.3. The second-order valence-electron chi connectivity index (χ2n) is 4.97. The molecule has 0 spiro atoms. The van der Waals surface area contributed by atoms with Gasteiger partial charge in [0, 0.05) is 0 Å².